The zero-order valence-corrected chi connectivity index (χ0v) is 17.1. The fourth-order valence-corrected chi connectivity index (χ4v) is 3.87. The topological polar surface area (TPSA) is 111 Å². The average molecular weight is 427 g/mol. The van der Waals surface area contributed by atoms with Crippen molar-refractivity contribution in [3.63, 3.8) is 0 Å². The van der Waals surface area contributed by atoms with Crippen molar-refractivity contribution in [3.05, 3.63) is 82.3 Å². The van der Waals surface area contributed by atoms with Crippen molar-refractivity contribution in [1.29, 1.82) is 0 Å². The molecule has 5 aromatic rings. The minimum atomic E-state index is -0.327. The molecule has 0 aliphatic carbocycles. The van der Waals surface area contributed by atoms with Crippen molar-refractivity contribution in [2.24, 2.45) is 5.10 Å². The summed E-state index contributed by atoms with van der Waals surface area (Å²) in [5.41, 5.74) is 9.46. The van der Waals surface area contributed by atoms with Crippen molar-refractivity contribution in [1.82, 2.24) is 24.9 Å². The molecule has 1 aromatic carbocycles. The van der Waals surface area contributed by atoms with E-state index < -0.39 is 0 Å². The lowest BCUT2D eigenvalue weighted by Gasteiger charge is -2.04. The number of amides is 1. The minimum Gasteiger partial charge on any atom is -0.383 e. The Kier molecular flexibility index (Phi) is 4.85. The first kappa shape index (κ1) is 18.9. The van der Waals surface area contributed by atoms with Gasteiger partial charge in [0, 0.05) is 11.1 Å². The maximum absolute atomic E-state index is 13.1. The summed E-state index contributed by atoms with van der Waals surface area (Å²) < 4.78 is 1.43. The van der Waals surface area contributed by atoms with E-state index in [1.165, 1.54) is 4.68 Å². The highest BCUT2D eigenvalue weighted by Crippen LogP contribution is 2.28. The summed E-state index contributed by atoms with van der Waals surface area (Å²) in [7, 11) is 0. The van der Waals surface area contributed by atoms with Crippen LogP contribution in [0.25, 0.3) is 22.2 Å². The minimum absolute atomic E-state index is 0.168. The maximum Gasteiger partial charge on any atom is 0.257 e. The highest BCUT2D eigenvalue weighted by atomic mass is 32.1. The van der Waals surface area contributed by atoms with E-state index in [4.69, 9.17) is 5.73 Å². The highest BCUT2D eigenvalue weighted by Gasteiger charge is 2.24. The molecule has 0 aliphatic heterocycles. The number of para-hydroxylation sites is 2. The molecule has 0 atom stereocenters. The smallest absolute Gasteiger partial charge is 0.257 e. The van der Waals surface area contributed by atoms with Crippen LogP contribution in [0.15, 0.2) is 71.3 Å². The van der Waals surface area contributed by atoms with Crippen LogP contribution in [-0.2, 0) is 6.54 Å². The molecule has 0 unspecified atom stereocenters. The fourth-order valence-electron chi connectivity index (χ4n) is 3.23. The van der Waals surface area contributed by atoms with Gasteiger partial charge in [-0.15, -0.1) is 11.3 Å². The molecule has 0 saturated carbocycles. The van der Waals surface area contributed by atoms with Gasteiger partial charge in [0.25, 0.3) is 5.91 Å². The maximum atomic E-state index is 13.1. The second kappa shape index (κ2) is 7.96. The summed E-state index contributed by atoms with van der Waals surface area (Å²) in [5, 5.41) is 9.33. The Labute approximate surface area is 181 Å². The largest absolute Gasteiger partial charge is 0.383 e. The molecule has 0 spiro atoms. The third-order valence-electron chi connectivity index (χ3n) is 4.70. The number of aromatic nitrogens is 4. The summed E-state index contributed by atoms with van der Waals surface area (Å²) in [6.45, 7) is 0.404. The number of carbonyl (C=O) groups is 1. The number of pyridine rings is 1. The number of rotatable bonds is 5. The zero-order chi connectivity index (χ0) is 21.2. The van der Waals surface area contributed by atoms with E-state index in [1.807, 2.05) is 60.0 Å². The van der Waals surface area contributed by atoms with Gasteiger partial charge in [-0.1, -0.05) is 24.3 Å². The van der Waals surface area contributed by atoms with Crippen LogP contribution < -0.4 is 11.1 Å². The fraction of sp³-hybridized carbons (Fsp3) is 0.0455. The normalized spacial score (nSPS) is 11.5. The van der Waals surface area contributed by atoms with E-state index in [9.17, 15) is 4.79 Å². The van der Waals surface area contributed by atoms with Gasteiger partial charge in [0.1, 0.15) is 16.9 Å². The first-order valence-corrected chi connectivity index (χ1v) is 10.4. The molecule has 1 amide bonds. The summed E-state index contributed by atoms with van der Waals surface area (Å²) in [6.07, 6.45) is 3.25. The number of carbonyl (C=O) groups excluding carboxylic acids is 1. The van der Waals surface area contributed by atoms with Gasteiger partial charge in [0.2, 0.25) is 0 Å². The number of nitrogens with one attached hydrogen (secondary N) is 1. The quantitative estimate of drug-likeness (QED) is 0.418. The number of fused-ring (bicyclic) bond motifs is 2. The molecule has 3 N–H and O–H groups in total. The molecule has 0 fully saturated rings. The van der Waals surface area contributed by atoms with E-state index in [2.05, 4.69) is 25.4 Å². The molecule has 9 heteroatoms. The molecule has 4 aromatic heterocycles. The Hall–Kier alpha value is -4.11. The van der Waals surface area contributed by atoms with Crippen molar-refractivity contribution in [2.45, 2.75) is 6.54 Å². The number of hydrogen-bond donors (Lipinski definition) is 2. The van der Waals surface area contributed by atoms with E-state index in [0.717, 1.165) is 4.88 Å². The Bertz CT molecular complexity index is 1410. The number of hydrogen-bond acceptors (Lipinski definition) is 7. The number of nitrogens with two attached hydrogens (primary N) is 1. The van der Waals surface area contributed by atoms with Gasteiger partial charge in [-0.25, -0.2) is 9.97 Å². The first-order valence-electron chi connectivity index (χ1n) is 9.53. The molecule has 0 aliphatic rings. The van der Waals surface area contributed by atoms with Crippen LogP contribution in [0.2, 0.25) is 0 Å². The van der Waals surface area contributed by atoms with Gasteiger partial charge in [-0.2, -0.15) is 9.78 Å². The van der Waals surface area contributed by atoms with Crippen LogP contribution >= 0.6 is 11.3 Å². The average Bonchev–Trinajstić information content (AvgIpc) is 3.41. The summed E-state index contributed by atoms with van der Waals surface area (Å²) in [4.78, 5) is 27.7. The predicted octanol–water partition coefficient (Wildman–Crippen LogP) is 3.44. The van der Waals surface area contributed by atoms with E-state index >= 15 is 0 Å². The molecular weight excluding hydrogens is 410 g/mol. The predicted molar refractivity (Wildman–Crippen MR) is 122 cm³/mol. The Morgan fingerprint density at radius 2 is 1.90 bits per heavy atom. The SMILES string of the molecule is Nc1c(C(=O)NCc2cccs2)c2nc3ccccc3nc2n1/N=C/c1ccccn1. The van der Waals surface area contributed by atoms with Crippen LogP contribution in [0.5, 0.6) is 0 Å². The van der Waals surface area contributed by atoms with Crippen molar-refractivity contribution in [3.8, 4) is 0 Å². The number of anilines is 1. The molecule has 0 radical (unpaired) electrons. The van der Waals surface area contributed by atoms with Gasteiger partial charge in [-0.3, -0.25) is 9.78 Å². The number of benzene rings is 1. The van der Waals surface area contributed by atoms with Crippen LogP contribution in [-0.4, -0.2) is 31.7 Å². The van der Waals surface area contributed by atoms with Crippen LogP contribution in [0, 0.1) is 0 Å². The van der Waals surface area contributed by atoms with E-state index in [-0.39, 0.29) is 17.3 Å². The van der Waals surface area contributed by atoms with Gasteiger partial charge >= 0.3 is 0 Å². The van der Waals surface area contributed by atoms with E-state index in [0.29, 0.717) is 34.4 Å². The van der Waals surface area contributed by atoms with Crippen LogP contribution in [0.4, 0.5) is 5.82 Å². The Morgan fingerprint density at radius 3 is 2.65 bits per heavy atom. The molecule has 0 saturated heterocycles. The van der Waals surface area contributed by atoms with Crippen molar-refractivity contribution in [2.75, 3.05) is 5.73 Å². The van der Waals surface area contributed by atoms with Crippen LogP contribution in [0.3, 0.4) is 0 Å². The molecule has 152 valence electrons. The van der Waals surface area contributed by atoms with Gasteiger partial charge < -0.3 is 11.1 Å². The zero-order valence-electron chi connectivity index (χ0n) is 16.3. The monoisotopic (exact) mass is 427 g/mol. The first-order chi connectivity index (χ1) is 15.2. The molecule has 4 heterocycles. The number of thiophene rings is 1. The van der Waals surface area contributed by atoms with Crippen molar-refractivity contribution < 1.29 is 4.79 Å². The summed E-state index contributed by atoms with van der Waals surface area (Å²) in [5.74, 6) is -0.159. The molecule has 5 rings (SSSR count). The highest BCUT2D eigenvalue weighted by molar-refractivity contribution is 7.09. The third kappa shape index (κ3) is 3.62. The van der Waals surface area contributed by atoms with Gasteiger partial charge in [0.15, 0.2) is 5.65 Å². The van der Waals surface area contributed by atoms with Gasteiger partial charge in [-0.05, 0) is 35.7 Å². The second-order valence-electron chi connectivity index (χ2n) is 6.72. The molecule has 0 bridgehead atoms. The molecule has 8 nitrogen and oxygen atoms in total. The Balaban J connectivity index is 1.63. The lowest BCUT2D eigenvalue weighted by molar-refractivity contribution is 0.0953. The second-order valence-corrected chi connectivity index (χ2v) is 7.75. The number of nitrogen functional groups attached to an aromatic ring is 1. The van der Waals surface area contributed by atoms with E-state index in [1.54, 1.807) is 23.7 Å². The molecule has 31 heavy (non-hydrogen) atoms. The lowest BCUT2D eigenvalue weighted by Crippen LogP contribution is -2.23. The molecular formula is C22H17N7OS. The van der Waals surface area contributed by atoms with Gasteiger partial charge in [0.05, 0.1) is 29.5 Å². The van der Waals surface area contributed by atoms with Crippen molar-refractivity contribution >= 4 is 51.5 Å². The summed E-state index contributed by atoms with van der Waals surface area (Å²) >= 11 is 1.57. The summed E-state index contributed by atoms with van der Waals surface area (Å²) in [6, 6.07) is 16.9. The third-order valence-corrected chi connectivity index (χ3v) is 5.57. The Morgan fingerprint density at radius 1 is 1.10 bits per heavy atom. The lowest BCUT2D eigenvalue weighted by atomic mass is 10.2. The number of nitrogens with zero attached hydrogens (tertiary/aromatic N) is 5. The standard InChI is InChI=1S/C22H17N7OS/c23-20-18(22(30)25-13-15-7-5-11-31-15)19-21(28-17-9-2-1-8-16(17)27-19)29(20)26-12-14-6-3-4-10-24-14/h1-12H,13,23H2,(H,25,30)/b26-12+. The van der Waals surface area contributed by atoms with Crippen LogP contribution in [0.1, 0.15) is 20.9 Å².